The number of hydrogen-bond donors (Lipinski definition) is 3. The maximum Gasteiger partial charge on any atom is 0.336 e. The van der Waals surface area contributed by atoms with Crippen LogP contribution >= 0.6 is 0 Å². The Bertz CT molecular complexity index is 1040. The van der Waals surface area contributed by atoms with Crippen molar-refractivity contribution in [1.82, 2.24) is 14.9 Å². The van der Waals surface area contributed by atoms with Crippen LogP contribution in [0.15, 0.2) is 48.8 Å². The summed E-state index contributed by atoms with van der Waals surface area (Å²) in [5.74, 6) is -1.02. The third-order valence-corrected chi connectivity index (χ3v) is 5.87. The van der Waals surface area contributed by atoms with Gasteiger partial charge in [-0.2, -0.15) is 0 Å². The summed E-state index contributed by atoms with van der Waals surface area (Å²) >= 11 is 0. The zero-order valence-corrected chi connectivity index (χ0v) is 16.7. The summed E-state index contributed by atoms with van der Waals surface area (Å²) in [4.78, 5) is 22.5. The van der Waals surface area contributed by atoms with Gasteiger partial charge in [0.05, 0.1) is 22.4 Å². The van der Waals surface area contributed by atoms with Gasteiger partial charge in [0.1, 0.15) is 0 Å². The van der Waals surface area contributed by atoms with Gasteiger partial charge >= 0.3 is 5.97 Å². The maximum absolute atomic E-state index is 11.7. The number of rotatable bonds is 6. The lowest BCUT2D eigenvalue weighted by atomic mass is 9.84. The smallest absolute Gasteiger partial charge is 0.336 e. The fourth-order valence-electron chi connectivity index (χ4n) is 4.07. The van der Waals surface area contributed by atoms with Gasteiger partial charge in [-0.25, -0.2) is 9.78 Å². The molecule has 0 bridgehead atoms. The average molecular weight is 407 g/mol. The van der Waals surface area contributed by atoms with Crippen molar-refractivity contribution >= 4 is 16.9 Å². The molecule has 7 nitrogen and oxygen atoms in total. The molecule has 156 valence electrons. The van der Waals surface area contributed by atoms with Crippen molar-refractivity contribution in [3.05, 3.63) is 59.9 Å². The van der Waals surface area contributed by atoms with Crippen LogP contribution in [-0.2, 0) is 5.60 Å². The number of fused-ring (bicyclic) bond motifs is 1. The largest absolute Gasteiger partial charge is 0.478 e. The van der Waals surface area contributed by atoms with E-state index in [9.17, 15) is 15.0 Å². The zero-order valence-electron chi connectivity index (χ0n) is 16.7. The number of carboxylic acids is 1. The summed E-state index contributed by atoms with van der Waals surface area (Å²) in [5, 5.41) is 30.2. The Hall–Kier alpha value is -2.87. The molecule has 0 unspecified atom stereocenters. The quantitative estimate of drug-likeness (QED) is 0.577. The highest BCUT2D eigenvalue weighted by Crippen LogP contribution is 2.34. The molecule has 1 saturated heterocycles. The molecular formula is C23H25N3O4. The van der Waals surface area contributed by atoms with Gasteiger partial charge in [-0.1, -0.05) is 24.3 Å². The Kier molecular flexibility index (Phi) is 5.76. The zero-order chi connectivity index (χ0) is 21.1. The van der Waals surface area contributed by atoms with E-state index in [0.29, 0.717) is 29.4 Å². The second-order valence-electron chi connectivity index (χ2n) is 7.78. The van der Waals surface area contributed by atoms with Crippen molar-refractivity contribution in [2.45, 2.75) is 24.9 Å². The lowest BCUT2D eigenvalue weighted by Crippen LogP contribution is -2.43. The van der Waals surface area contributed by atoms with Crippen molar-refractivity contribution < 1.29 is 20.1 Å². The number of piperidine rings is 1. The van der Waals surface area contributed by atoms with Crippen LogP contribution < -0.4 is 0 Å². The topological polar surface area (TPSA) is 107 Å². The van der Waals surface area contributed by atoms with Crippen LogP contribution in [0.4, 0.5) is 0 Å². The summed E-state index contributed by atoms with van der Waals surface area (Å²) in [6, 6.07) is 10.8. The van der Waals surface area contributed by atoms with E-state index in [4.69, 9.17) is 5.11 Å². The molecule has 30 heavy (non-hydrogen) atoms. The normalized spacial score (nSPS) is 16.6. The third-order valence-electron chi connectivity index (χ3n) is 5.87. The minimum Gasteiger partial charge on any atom is -0.478 e. The molecule has 2 aromatic heterocycles. The Labute approximate surface area is 174 Å². The number of likely N-dealkylation sites (tertiary alicyclic amines) is 1. The first kappa shape index (κ1) is 20.4. The number of carboxylic acid groups (broad SMARTS) is 1. The molecule has 1 aliphatic rings. The highest BCUT2D eigenvalue weighted by molar-refractivity contribution is 6.03. The predicted molar refractivity (Wildman–Crippen MR) is 113 cm³/mol. The number of hydrogen-bond acceptors (Lipinski definition) is 6. The number of aliphatic hydroxyl groups excluding tert-OH is 1. The van der Waals surface area contributed by atoms with Crippen molar-refractivity contribution in [3.8, 4) is 11.3 Å². The van der Waals surface area contributed by atoms with Crippen LogP contribution in [0.2, 0.25) is 0 Å². The summed E-state index contributed by atoms with van der Waals surface area (Å²) in [6.45, 7) is 2.62. The van der Waals surface area contributed by atoms with Gasteiger partial charge in [0, 0.05) is 49.6 Å². The highest BCUT2D eigenvalue weighted by atomic mass is 16.4. The monoisotopic (exact) mass is 407 g/mol. The second kappa shape index (κ2) is 8.47. The fourth-order valence-corrected chi connectivity index (χ4v) is 4.07. The van der Waals surface area contributed by atoms with E-state index in [2.05, 4.69) is 14.9 Å². The third kappa shape index (κ3) is 4.05. The predicted octanol–water partition coefficient (Wildman–Crippen LogP) is 2.66. The number of aromatic carboxylic acids is 1. The molecule has 0 radical (unpaired) electrons. The number of carbonyl (C=O) groups is 1. The average Bonchev–Trinajstić information content (AvgIpc) is 2.78. The summed E-state index contributed by atoms with van der Waals surface area (Å²) in [5.41, 5.74) is 2.10. The van der Waals surface area contributed by atoms with Crippen molar-refractivity contribution in [3.63, 3.8) is 0 Å². The van der Waals surface area contributed by atoms with Crippen LogP contribution in [0.1, 0.15) is 35.2 Å². The molecule has 3 heterocycles. The van der Waals surface area contributed by atoms with E-state index < -0.39 is 11.6 Å². The first-order chi connectivity index (χ1) is 14.5. The van der Waals surface area contributed by atoms with Crippen LogP contribution in [0, 0.1) is 0 Å². The Balaban J connectivity index is 1.58. The SMILES string of the molecule is O=C(O)c1cc(-c2ccc(C3(O)CCN(CCCO)CC3)cc2)nc2ccncc12. The Morgan fingerprint density at radius 1 is 1.13 bits per heavy atom. The molecule has 0 amide bonds. The van der Waals surface area contributed by atoms with Crippen LogP contribution in [0.25, 0.3) is 22.2 Å². The van der Waals surface area contributed by atoms with E-state index in [1.165, 1.54) is 6.20 Å². The van der Waals surface area contributed by atoms with Gasteiger partial charge in [0.25, 0.3) is 0 Å². The molecule has 1 aliphatic heterocycles. The van der Waals surface area contributed by atoms with Crippen molar-refractivity contribution in [2.75, 3.05) is 26.2 Å². The van der Waals surface area contributed by atoms with Gasteiger partial charge in [-0.15, -0.1) is 0 Å². The molecule has 0 spiro atoms. The Morgan fingerprint density at radius 3 is 2.53 bits per heavy atom. The number of nitrogens with zero attached hydrogens (tertiary/aromatic N) is 3. The lowest BCUT2D eigenvalue weighted by molar-refractivity contribution is -0.0266. The number of benzene rings is 1. The van der Waals surface area contributed by atoms with Gasteiger partial charge in [0.15, 0.2) is 0 Å². The van der Waals surface area contributed by atoms with E-state index in [1.807, 2.05) is 24.3 Å². The van der Waals surface area contributed by atoms with Crippen LogP contribution in [0.3, 0.4) is 0 Å². The molecule has 0 aliphatic carbocycles. The van der Waals surface area contributed by atoms with Gasteiger partial charge in [-0.05, 0) is 37.0 Å². The minimum atomic E-state index is -1.02. The molecule has 1 aromatic carbocycles. The lowest BCUT2D eigenvalue weighted by Gasteiger charge is -2.38. The second-order valence-corrected chi connectivity index (χ2v) is 7.78. The molecule has 7 heteroatoms. The first-order valence-electron chi connectivity index (χ1n) is 10.1. The van der Waals surface area contributed by atoms with E-state index in [1.54, 1.807) is 18.3 Å². The summed E-state index contributed by atoms with van der Waals surface area (Å²) in [6.07, 6.45) is 5.14. The first-order valence-corrected chi connectivity index (χ1v) is 10.1. The van der Waals surface area contributed by atoms with E-state index >= 15 is 0 Å². The summed E-state index contributed by atoms with van der Waals surface area (Å²) in [7, 11) is 0. The molecule has 4 rings (SSSR count). The van der Waals surface area contributed by atoms with Crippen molar-refractivity contribution in [1.29, 1.82) is 0 Å². The Morgan fingerprint density at radius 2 is 1.87 bits per heavy atom. The van der Waals surface area contributed by atoms with E-state index in [-0.39, 0.29) is 12.2 Å². The molecule has 1 fully saturated rings. The van der Waals surface area contributed by atoms with Crippen LogP contribution in [-0.4, -0.2) is 62.4 Å². The fraction of sp³-hybridized carbons (Fsp3) is 0.348. The van der Waals surface area contributed by atoms with Gasteiger partial charge in [-0.3, -0.25) is 4.98 Å². The maximum atomic E-state index is 11.7. The van der Waals surface area contributed by atoms with E-state index in [0.717, 1.165) is 37.2 Å². The molecule has 3 N–H and O–H groups in total. The number of aliphatic hydroxyl groups is 2. The molecule has 0 atom stereocenters. The van der Waals surface area contributed by atoms with Crippen LogP contribution in [0.5, 0.6) is 0 Å². The molecular weight excluding hydrogens is 382 g/mol. The summed E-state index contributed by atoms with van der Waals surface area (Å²) < 4.78 is 0. The van der Waals surface area contributed by atoms with Crippen molar-refractivity contribution in [2.24, 2.45) is 0 Å². The molecule has 0 saturated carbocycles. The highest BCUT2D eigenvalue weighted by Gasteiger charge is 2.33. The minimum absolute atomic E-state index is 0.168. The van der Waals surface area contributed by atoms with Gasteiger partial charge in [0.2, 0.25) is 0 Å². The number of aromatic nitrogens is 2. The molecule has 3 aromatic rings. The standard InChI is InChI=1S/C23H25N3O4/c27-13-1-10-26-11-7-23(30,8-12-26)17-4-2-16(3-5-17)21-14-18(22(28)29)19-15-24-9-6-20(19)25-21/h2-6,9,14-15,27,30H,1,7-8,10-13H2,(H,28,29). The number of pyridine rings is 2. The van der Waals surface area contributed by atoms with Gasteiger partial charge < -0.3 is 20.2 Å².